The van der Waals surface area contributed by atoms with E-state index >= 15 is 0 Å². The summed E-state index contributed by atoms with van der Waals surface area (Å²) >= 11 is 0. The van der Waals surface area contributed by atoms with Crippen LogP contribution in [0, 0.1) is 5.41 Å². The summed E-state index contributed by atoms with van der Waals surface area (Å²) in [6.07, 6.45) is 2.02. The zero-order valence-corrected chi connectivity index (χ0v) is 10.0. The van der Waals surface area contributed by atoms with E-state index in [1.807, 2.05) is 6.92 Å². The van der Waals surface area contributed by atoms with Crippen molar-refractivity contribution in [2.45, 2.75) is 25.8 Å². The summed E-state index contributed by atoms with van der Waals surface area (Å²) in [6.45, 7) is 5.42. The van der Waals surface area contributed by atoms with Crippen LogP contribution in [0.4, 0.5) is 4.79 Å². The zero-order chi connectivity index (χ0) is 13.1. The van der Waals surface area contributed by atoms with Gasteiger partial charge in [0.1, 0.15) is 5.41 Å². The first-order valence-electron chi connectivity index (χ1n) is 5.41. The van der Waals surface area contributed by atoms with Gasteiger partial charge in [-0.3, -0.25) is 20.2 Å². The van der Waals surface area contributed by atoms with Crippen LogP contribution in [-0.4, -0.2) is 30.9 Å². The van der Waals surface area contributed by atoms with Crippen molar-refractivity contribution in [2.24, 2.45) is 5.41 Å². The second-order valence-corrected chi connectivity index (χ2v) is 4.21. The third-order valence-corrected chi connectivity index (χ3v) is 2.96. The summed E-state index contributed by atoms with van der Waals surface area (Å²) in [6, 6.07) is -0.795. The minimum atomic E-state index is -1.25. The van der Waals surface area contributed by atoms with Crippen molar-refractivity contribution in [3.63, 3.8) is 0 Å². The molecule has 1 saturated heterocycles. The molecule has 1 aliphatic rings. The van der Waals surface area contributed by atoms with E-state index in [2.05, 4.69) is 22.5 Å². The molecule has 1 fully saturated rings. The van der Waals surface area contributed by atoms with E-state index in [4.69, 9.17) is 0 Å². The number of allylic oxidation sites excluding steroid dienone is 1. The van der Waals surface area contributed by atoms with Crippen molar-refractivity contribution in [1.82, 2.24) is 16.0 Å². The van der Waals surface area contributed by atoms with Crippen LogP contribution in [0.2, 0.25) is 0 Å². The lowest BCUT2D eigenvalue weighted by Gasteiger charge is -2.34. The van der Waals surface area contributed by atoms with Gasteiger partial charge in [0.25, 0.3) is 0 Å². The molecule has 4 amide bonds. The number of carbonyl (C=O) groups is 3. The SMILES string of the molecule is C=CCC1(CC(C)NC)C(=O)NC(=O)NC1=O. The van der Waals surface area contributed by atoms with E-state index in [-0.39, 0.29) is 12.5 Å². The minimum absolute atomic E-state index is 0.0281. The molecule has 1 aliphatic heterocycles. The molecule has 6 nitrogen and oxygen atoms in total. The van der Waals surface area contributed by atoms with Crippen molar-refractivity contribution in [3.8, 4) is 0 Å². The number of carbonyl (C=O) groups excluding carboxylic acids is 3. The summed E-state index contributed by atoms with van der Waals surface area (Å²) in [5.41, 5.74) is -1.25. The number of hydrogen-bond donors (Lipinski definition) is 3. The Bertz CT molecular complexity index is 345. The summed E-state index contributed by atoms with van der Waals surface area (Å²) < 4.78 is 0. The Morgan fingerprint density at radius 3 is 2.29 bits per heavy atom. The zero-order valence-electron chi connectivity index (χ0n) is 10.0. The fourth-order valence-electron chi connectivity index (χ4n) is 1.91. The number of nitrogens with one attached hydrogen (secondary N) is 3. The van der Waals surface area contributed by atoms with Gasteiger partial charge in [-0.2, -0.15) is 0 Å². The molecule has 0 bridgehead atoms. The largest absolute Gasteiger partial charge is 0.328 e. The first-order valence-corrected chi connectivity index (χ1v) is 5.41. The predicted octanol–water partition coefficient (Wildman–Crippen LogP) is -0.0871. The van der Waals surface area contributed by atoms with Crippen LogP contribution >= 0.6 is 0 Å². The average molecular weight is 239 g/mol. The normalized spacial score (nSPS) is 20.5. The Morgan fingerprint density at radius 2 is 1.88 bits per heavy atom. The van der Waals surface area contributed by atoms with Gasteiger partial charge in [0.2, 0.25) is 11.8 Å². The molecule has 0 aromatic heterocycles. The summed E-state index contributed by atoms with van der Waals surface area (Å²) in [5.74, 6) is -1.12. The topological polar surface area (TPSA) is 87.3 Å². The van der Waals surface area contributed by atoms with E-state index in [9.17, 15) is 14.4 Å². The molecule has 0 radical (unpaired) electrons. The number of barbiturate groups is 1. The lowest BCUT2D eigenvalue weighted by atomic mass is 9.76. The Hall–Kier alpha value is -1.69. The molecule has 1 rings (SSSR count). The van der Waals surface area contributed by atoms with Crippen molar-refractivity contribution in [2.75, 3.05) is 7.05 Å². The summed E-state index contributed by atoms with van der Waals surface area (Å²) in [7, 11) is 1.75. The number of urea groups is 1. The van der Waals surface area contributed by atoms with Crippen LogP contribution in [0.25, 0.3) is 0 Å². The highest BCUT2D eigenvalue weighted by Gasteiger charge is 2.49. The molecule has 0 spiro atoms. The molecule has 0 saturated carbocycles. The highest BCUT2D eigenvalue weighted by molar-refractivity contribution is 6.19. The molecule has 0 aromatic rings. The molecule has 1 unspecified atom stereocenters. The number of hydrogen-bond acceptors (Lipinski definition) is 4. The smallest absolute Gasteiger partial charge is 0.317 e. The monoisotopic (exact) mass is 239 g/mol. The Labute approximate surface area is 99.8 Å². The fraction of sp³-hybridized carbons (Fsp3) is 0.545. The molecule has 17 heavy (non-hydrogen) atoms. The standard InChI is InChI=1S/C11H17N3O3/c1-4-5-11(6-7(2)12-3)8(15)13-10(17)14-9(11)16/h4,7,12H,1,5-6H2,2-3H3,(H2,13,14,15,16,17). The number of imide groups is 2. The van der Waals surface area contributed by atoms with Gasteiger partial charge >= 0.3 is 6.03 Å². The van der Waals surface area contributed by atoms with Crippen LogP contribution in [0.3, 0.4) is 0 Å². The predicted molar refractivity (Wildman–Crippen MR) is 62.1 cm³/mol. The van der Waals surface area contributed by atoms with Gasteiger partial charge in [-0.05, 0) is 26.8 Å². The molecule has 0 aromatic carbocycles. The van der Waals surface area contributed by atoms with E-state index in [0.29, 0.717) is 6.42 Å². The molecule has 6 heteroatoms. The Kier molecular flexibility index (Phi) is 4.01. The van der Waals surface area contributed by atoms with Crippen molar-refractivity contribution in [1.29, 1.82) is 0 Å². The van der Waals surface area contributed by atoms with Gasteiger partial charge < -0.3 is 5.32 Å². The Balaban J connectivity index is 3.03. The van der Waals surface area contributed by atoms with Crippen LogP contribution in [0.1, 0.15) is 19.8 Å². The van der Waals surface area contributed by atoms with Gasteiger partial charge in [-0.1, -0.05) is 6.08 Å². The lowest BCUT2D eigenvalue weighted by molar-refractivity contribution is -0.145. The second-order valence-electron chi connectivity index (χ2n) is 4.21. The molecule has 0 aliphatic carbocycles. The first-order chi connectivity index (χ1) is 7.96. The molecular formula is C11H17N3O3. The van der Waals surface area contributed by atoms with Crippen molar-refractivity contribution in [3.05, 3.63) is 12.7 Å². The maximum Gasteiger partial charge on any atom is 0.328 e. The lowest BCUT2D eigenvalue weighted by Crippen LogP contribution is -2.63. The Morgan fingerprint density at radius 1 is 1.35 bits per heavy atom. The van der Waals surface area contributed by atoms with Crippen LogP contribution in [0.5, 0.6) is 0 Å². The van der Waals surface area contributed by atoms with Crippen LogP contribution in [0.15, 0.2) is 12.7 Å². The van der Waals surface area contributed by atoms with Crippen molar-refractivity contribution >= 4 is 17.8 Å². The summed E-state index contributed by atoms with van der Waals surface area (Å²) in [5, 5.41) is 7.23. The minimum Gasteiger partial charge on any atom is -0.317 e. The first kappa shape index (κ1) is 13.4. The molecule has 1 atom stereocenters. The molecule has 1 heterocycles. The van der Waals surface area contributed by atoms with Crippen LogP contribution in [-0.2, 0) is 9.59 Å². The van der Waals surface area contributed by atoms with Gasteiger partial charge in [-0.25, -0.2) is 4.79 Å². The van der Waals surface area contributed by atoms with Crippen LogP contribution < -0.4 is 16.0 Å². The average Bonchev–Trinajstić information content (AvgIpc) is 2.25. The maximum atomic E-state index is 11.9. The highest BCUT2D eigenvalue weighted by atomic mass is 16.2. The fourth-order valence-corrected chi connectivity index (χ4v) is 1.91. The molecular weight excluding hydrogens is 222 g/mol. The molecule has 94 valence electrons. The second kappa shape index (κ2) is 5.09. The third-order valence-electron chi connectivity index (χ3n) is 2.96. The van der Waals surface area contributed by atoms with Gasteiger partial charge in [-0.15, -0.1) is 6.58 Å². The summed E-state index contributed by atoms with van der Waals surface area (Å²) in [4.78, 5) is 34.8. The highest BCUT2D eigenvalue weighted by Crippen LogP contribution is 2.31. The number of rotatable bonds is 5. The van der Waals surface area contributed by atoms with Crippen molar-refractivity contribution < 1.29 is 14.4 Å². The third kappa shape index (κ3) is 2.52. The van der Waals surface area contributed by atoms with E-state index in [1.54, 1.807) is 7.05 Å². The van der Waals surface area contributed by atoms with Gasteiger partial charge in [0, 0.05) is 6.04 Å². The quantitative estimate of drug-likeness (QED) is 0.462. The van der Waals surface area contributed by atoms with Gasteiger partial charge in [0.05, 0.1) is 0 Å². The van der Waals surface area contributed by atoms with E-state index in [0.717, 1.165) is 0 Å². The number of amides is 4. The maximum absolute atomic E-state index is 11.9. The van der Waals surface area contributed by atoms with Gasteiger partial charge in [0.15, 0.2) is 0 Å². The van der Waals surface area contributed by atoms with E-state index < -0.39 is 23.3 Å². The molecule has 3 N–H and O–H groups in total. The van der Waals surface area contributed by atoms with E-state index in [1.165, 1.54) is 6.08 Å².